The van der Waals surface area contributed by atoms with Crippen molar-refractivity contribution < 1.29 is 9.90 Å². The summed E-state index contributed by atoms with van der Waals surface area (Å²) in [4.78, 5) is 18.0. The predicted octanol–water partition coefficient (Wildman–Crippen LogP) is 1.75. The van der Waals surface area contributed by atoms with Crippen molar-refractivity contribution in [3.05, 3.63) is 22.2 Å². The minimum Gasteiger partial charge on any atom is -0.397 e. The number of rotatable bonds is 2. The van der Waals surface area contributed by atoms with E-state index >= 15 is 0 Å². The van der Waals surface area contributed by atoms with Crippen LogP contribution >= 0.6 is 11.3 Å². The number of nitrogens with two attached hydrogens (primary N) is 1. The Kier molecular flexibility index (Phi) is 3.14. The number of nitrogen functional groups attached to an aromatic ring is 1. The number of fused-ring (bicyclic) bond motifs is 1. The molecular formula is C14H17N3O2S. The fourth-order valence-corrected chi connectivity index (χ4v) is 3.71. The molecule has 3 rings (SSSR count). The second kappa shape index (κ2) is 4.71. The summed E-state index contributed by atoms with van der Waals surface area (Å²) in [5.74, 6) is -0.167. The van der Waals surface area contributed by atoms with Crippen LogP contribution in [-0.2, 0) is 0 Å². The summed E-state index contributed by atoms with van der Waals surface area (Å²) in [5.41, 5.74) is 8.58. The molecule has 0 bridgehead atoms. The van der Waals surface area contributed by atoms with Gasteiger partial charge in [0.05, 0.1) is 11.8 Å². The highest BCUT2D eigenvalue weighted by Crippen LogP contribution is 2.35. The molecule has 1 saturated carbocycles. The average Bonchev–Trinajstić information content (AvgIpc) is 2.64. The summed E-state index contributed by atoms with van der Waals surface area (Å²) >= 11 is 1.33. The number of hydrogen-bond acceptors (Lipinski definition) is 5. The highest BCUT2D eigenvalue weighted by atomic mass is 32.1. The molecule has 1 aliphatic rings. The van der Waals surface area contributed by atoms with Gasteiger partial charge in [-0.1, -0.05) is 0 Å². The van der Waals surface area contributed by atoms with Crippen molar-refractivity contribution in [2.45, 2.75) is 38.8 Å². The van der Waals surface area contributed by atoms with Crippen molar-refractivity contribution in [2.75, 3.05) is 5.73 Å². The number of hydrogen-bond donors (Lipinski definition) is 3. The van der Waals surface area contributed by atoms with Gasteiger partial charge in [-0.2, -0.15) is 0 Å². The number of carbonyl (C=O) groups is 1. The zero-order chi connectivity index (χ0) is 14.4. The number of pyridine rings is 1. The molecule has 1 amide bonds. The molecule has 4 N–H and O–H groups in total. The molecule has 20 heavy (non-hydrogen) atoms. The molecule has 0 aliphatic heterocycles. The Labute approximate surface area is 120 Å². The topological polar surface area (TPSA) is 88.2 Å². The van der Waals surface area contributed by atoms with Crippen molar-refractivity contribution in [1.82, 2.24) is 10.3 Å². The van der Waals surface area contributed by atoms with Crippen molar-refractivity contribution in [2.24, 2.45) is 0 Å². The highest BCUT2D eigenvalue weighted by Gasteiger charge is 2.30. The van der Waals surface area contributed by atoms with Crippen LogP contribution < -0.4 is 11.1 Å². The maximum atomic E-state index is 12.3. The average molecular weight is 291 g/mol. The summed E-state index contributed by atoms with van der Waals surface area (Å²) < 4.78 is 0. The lowest BCUT2D eigenvalue weighted by molar-refractivity contribution is 0.0565. The van der Waals surface area contributed by atoms with Crippen LogP contribution in [0.25, 0.3) is 10.2 Å². The summed E-state index contributed by atoms with van der Waals surface area (Å²) in [5, 5.41) is 13.0. The van der Waals surface area contributed by atoms with Gasteiger partial charge in [-0.3, -0.25) is 4.79 Å². The second-order valence-electron chi connectivity index (χ2n) is 5.40. The van der Waals surface area contributed by atoms with E-state index in [2.05, 4.69) is 10.3 Å². The molecule has 2 aromatic rings. The Hall–Kier alpha value is -1.66. The number of aliphatic hydroxyl groups excluding tert-OH is 1. The minimum atomic E-state index is -0.286. The van der Waals surface area contributed by atoms with E-state index in [9.17, 15) is 9.90 Å². The largest absolute Gasteiger partial charge is 0.397 e. The Balaban J connectivity index is 1.93. The highest BCUT2D eigenvalue weighted by molar-refractivity contribution is 7.21. The Morgan fingerprint density at radius 3 is 2.85 bits per heavy atom. The van der Waals surface area contributed by atoms with Gasteiger partial charge < -0.3 is 16.2 Å². The van der Waals surface area contributed by atoms with Gasteiger partial charge in [-0.15, -0.1) is 11.3 Å². The zero-order valence-electron chi connectivity index (χ0n) is 11.4. The monoisotopic (exact) mass is 291 g/mol. The molecule has 0 unspecified atom stereocenters. The van der Waals surface area contributed by atoms with Crippen LogP contribution in [0.1, 0.15) is 33.8 Å². The van der Waals surface area contributed by atoms with Gasteiger partial charge in [0.2, 0.25) is 0 Å². The van der Waals surface area contributed by atoms with E-state index in [-0.39, 0.29) is 18.1 Å². The molecule has 0 aromatic carbocycles. The van der Waals surface area contributed by atoms with Crippen LogP contribution in [0.5, 0.6) is 0 Å². The summed E-state index contributed by atoms with van der Waals surface area (Å²) in [6.45, 7) is 3.90. The lowest BCUT2D eigenvalue weighted by Crippen LogP contribution is -2.46. The van der Waals surface area contributed by atoms with E-state index in [4.69, 9.17) is 5.73 Å². The molecule has 1 fully saturated rings. The fourth-order valence-electron chi connectivity index (χ4n) is 2.59. The third kappa shape index (κ3) is 2.14. The number of thiophene rings is 1. The van der Waals surface area contributed by atoms with E-state index in [0.29, 0.717) is 23.4 Å². The molecule has 0 radical (unpaired) electrons. The van der Waals surface area contributed by atoms with Crippen molar-refractivity contribution in [3.63, 3.8) is 0 Å². The molecule has 2 aromatic heterocycles. The summed E-state index contributed by atoms with van der Waals surface area (Å²) in [6, 6.07) is 2.02. The molecule has 2 heterocycles. The first-order valence-corrected chi connectivity index (χ1v) is 7.42. The first-order chi connectivity index (χ1) is 9.45. The van der Waals surface area contributed by atoms with Crippen LogP contribution in [0.3, 0.4) is 0 Å². The number of aromatic nitrogens is 1. The van der Waals surface area contributed by atoms with Crippen molar-refractivity contribution in [3.8, 4) is 0 Å². The van der Waals surface area contributed by atoms with Crippen molar-refractivity contribution >= 4 is 33.1 Å². The number of nitrogens with one attached hydrogen (secondary N) is 1. The Morgan fingerprint density at radius 1 is 1.50 bits per heavy atom. The fraction of sp³-hybridized carbons (Fsp3) is 0.429. The standard InChI is InChI=1S/C14H17N3O2S/c1-6-3-7(2)16-14-10(6)11(15)12(20-14)13(19)17-8-4-9(18)5-8/h3,8-9,18H,4-5,15H2,1-2H3,(H,17,19). The zero-order valence-corrected chi connectivity index (χ0v) is 12.3. The van der Waals surface area contributed by atoms with Crippen LogP contribution in [0, 0.1) is 13.8 Å². The molecule has 0 atom stereocenters. The van der Waals surface area contributed by atoms with Crippen LogP contribution in [0.15, 0.2) is 6.07 Å². The molecule has 0 spiro atoms. The summed E-state index contributed by atoms with van der Waals surface area (Å²) in [6.07, 6.45) is 0.950. The number of anilines is 1. The van der Waals surface area contributed by atoms with Crippen LogP contribution in [-0.4, -0.2) is 28.1 Å². The third-order valence-corrected chi connectivity index (χ3v) is 4.78. The number of nitrogens with zero attached hydrogens (tertiary/aromatic N) is 1. The maximum absolute atomic E-state index is 12.3. The van der Waals surface area contributed by atoms with E-state index < -0.39 is 0 Å². The lowest BCUT2D eigenvalue weighted by atomic mass is 9.89. The number of amides is 1. The Morgan fingerprint density at radius 2 is 2.20 bits per heavy atom. The van der Waals surface area contributed by atoms with Crippen molar-refractivity contribution in [1.29, 1.82) is 0 Å². The van der Waals surface area contributed by atoms with E-state index in [1.54, 1.807) is 0 Å². The van der Waals surface area contributed by atoms with Gasteiger partial charge in [0, 0.05) is 17.1 Å². The predicted molar refractivity (Wildman–Crippen MR) is 80.0 cm³/mol. The SMILES string of the molecule is Cc1cc(C)c2c(N)c(C(=O)NC3CC(O)C3)sc2n1. The summed E-state index contributed by atoms with van der Waals surface area (Å²) in [7, 11) is 0. The smallest absolute Gasteiger partial charge is 0.263 e. The van der Waals surface area contributed by atoms with Crippen LogP contribution in [0.2, 0.25) is 0 Å². The number of aliphatic hydroxyl groups is 1. The van der Waals surface area contributed by atoms with Gasteiger partial charge >= 0.3 is 0 Å². The lowest BCUT2D eigenvalue weighted by Gasteiger charge is -2.31. The van der Waals surface area contributed by atoms with E-state index in [1.807, 2.05) is 19.9 Å². The second-order valence-corrected chi connectivity index (χ2v) is 6.40. The number of aryl methyl sites for hydroxylation is 2. The third-order valence-electron chi connectivity index (χ3n) is 3.68. The van der Waals surface area contributed by atoms with E-state index in [0.717, 1.165) is 21.5 Å². The quantitative estimate of drug-likeness (QED) is 0.786. The molecule has 0 saturated heterocycles. The number of carbonyl (C=O) groups excluding carboxylic acids is 1. The van der Waals surface area contributed by atoms with Gasteiger partial charge in [0.15, 0.2) is 0 Å². The maximum Gasteiger partial charge on any atom is 0.263 e. The van der Waals surface area contributed by atoms with Gasteiger partial charge in [-0.05, 0) is 38.3 Å². The first-order valence-electron chi connectivity index (χ1n) is 6.61. The van der Waals surface area contributed by atoms with Gasteiger partial charge in [-0.25, -0.2) is 4.98 Å². The normalized spacial score (nSPS) is 21.8. The molecule has 6 heteroatoms. The molecule has 1 aliphatic carbocycles. The molecular weight excluding hydrogens is 274 g/mol. The minimum absolute atomic E-state index is 0.0536. The van der Waals surface area contributed by atoms with E-state index in [1.165, 1.54) is 11.3 Å². The van der Waals surface area contributed by atoms with Crippen LogP contribution in [0.4, 0.5) is 5.69 Å². The first kappa shape index (κ1) is 13.3. The van der Waals surface area contributed by atoms with Gasteiger partial charge in [0.1, 0.15) is 9.71 Å². The Bertz CT molecular complexity index is 689. The van der Waals surface area contributed by atoms with Gasteiger partial charge in [0.25, 0.3) is 5.91 Å². The molecule has 5 nitrogen and oxygen atoms in total. The molecule has 106 valence electrons.